The molecule has 1 aromatic carbocycles. The predicted molar refractivity (Wildman–Crippen MR) is 93.5 cm³/mol. The molecule has 1 heterocycles. The summed E-state index contributed by atoms with van der Waals surface area (Å²) in [5.74, 6) is -0.0515. The number of hydrogen-bond donors (Lipinski definition) is 2. The van der Waals surface area contributed by atoms with E-state index < -0.39 is 17.9 Å². The minimum Gasteiger partial charge on any atom is -0.383 e. The third-order valence-corrected chi connectivity index (χ3v) is 3.13. The maximum Gasteiger partial charge on any atom is 0.270 e. The van der Waals surface area contributed by atoms with Gasteiger partial charge in [0, 0.05) is 11.8 Å². The highest BCUT2D eigenvalue weighted by Crippen LogP contribution is 2.13. The van der Waals surface area contributed by atoms with Crippen molar-refractivity contribution in [2.24, 2.45) is 5.16 Å². The van der Waals surface area contributed by atoms with Gasteiger partial charge in [0.15, 0.2) is 5.82 Å². The summed E-state index contributed by atoms with van der Waals surface area (Å²) in [6.07, 6.45) is 0.0732. The zero-order valence-corrected chi connectivity index (χ0v) is 14.5. The van der Waals surface area contributed by atoms with E-state index in [4.69, 9.17) is 9.36 Å². The van der Waals surface area contributed by atoms with Crippen LogP contribution in [0.2, 0.25) is 0 Å². The Kier molecular flexibility index (Phi) is 5.89. The summed E-state index contributed by atoms with van der Waals surface area (Å²) in [6, 6.07) is 7.26. The summed E-state index contributed by atoms with van der Waals surface area (Å²) in [5.41, 5.74) is 2.75. The molecule has 132 valence electrons. The van der Waals surface area contributed by atoms with Gasteiger partial charge in [-0.3, -0.25) is 9.59 Å². The maximum atomic E-state index is 11.9. The van der Waals surface area contributed by atoms with Crippen LogP contribution in [0.3, 0.4) is 0 Å². The van der Waals surface area contributed by atoms with E-state index >= 15 is 0 Å². The van der Waals surface area contributed by atoms with Crippen molar-refractivity contribution in [2.45, 2.75) is 33.8 Å². The van der Waals surface area contributed by atoms with Gasteiger partial charge in [0.05, 0.1) is 0 Å². The molecule has 0 fully saturated rings. The first-order valence-electron chi connectivity index (χ1n) is 7.66. The van der Waals surface area contributed by atoms with Crippen molar-refractivity contribution in [2.75, 3.05) is 10.6 Å². The van der Waals surface area contributed by atoms with Gasteiger partial charge in [0.2, 0.25) is 6.10 Å². The third kappa shape index (κ3) is 5.76. The predicted octanol–water partition coefficient (Wildman–Crippen LogP) is 2.57. The minimum absolute atomic E-state index is 0.287. The number of nitrogens with zero attached hydrogens (tertiary/aromatic N) is 2. The number of benzene rings is 1. The summed E-state index contributed by atoms with van der Waals surface area (Å²) in [7, 11) is 0. The molecule has 25 heavy (non-hydrogen) atoms. The van der Waals surface area contributed by atoms with Gasteiger partial charge in [0.1, 0.15) is 12.0 Å². The third-order valence-electron chi connectivity index (χ3n) is 3.13. The fourth-order valence-corrected chi connectivity index (χ4v) is 2.09. The molecule has 0 radical (unpaired) electrons. The molecule has 2 amide bonds. The molecule has 0 bridgehead atoms. The lowest BCUT2D eigenvalue weighted by atomic mass is 10.1. The number of oxime groups is 1. The summed E-state index contributed by atoms with van der Waals surface area (Å²) < 4.78 is 4.84. The van der Waals surface area contributed by atoms with Gasteiger partial charge in [-0.1, -0.05) is 16.4 Å². The van der Waals surface area contributed by atoms with Gasteiger partial charge in [-0.25, -0.2) is 0 Å². The Morgan fingerprint density at radius 3 is 2.44 bits per heavy atom. The highest BCUT2D eigenvalue weighted by molar-refractivity contribution is 6.31. The fraction of sp³-hybridized carbons (Fsp3) is 0.294. The van der Waals surface area contributed by atoms with Crippen molar-refractivity contribution >= 4 is 29.5 Å². The number of carbonyl (C=O) groups excluding carboxylic acids is 2. The van der Waals surface area contributed by atoms with Crippen LogP contribution in [0.4, 0.5) is 11.5 Å². The van der Waals surface area contributed by atoms with E-state index in [1.165, 1.54) is 6.92 Å². The zero-order chi connectivity index (χ0) is 18.4. The van der Waals surface area contributed by atoms with Gasteiger partial charge in [0.25, 0.3) is 11.8 Å². The first kappa shape index (κ1) is 18.2. The summed E-state index contributed by atoms with van der Waals surface area (Å²) in [6.45, 7) is 7.09. The Morgan fingerprint density at radius 2 is 1.84 bits per heavy atom. The number of rotatable bonds is 6. The van der Waals surface area contributed by atoms with Crippen molar-refractivity contribution < 1.29 is 18.9 Å². The number of anilines is 2. The van der Waals surface area contributed by atoms with E-state index in [1.54, 1.807) is 13.0 Å². The molecule has 8 heteroatoms. The highest BCUT2D eigenvalue weighted by Gasteiger charge is 2.16. The molecule has 2 aromatic rings. The molecule has 0 aliphatic rings. The topological polar surface area (TPSA) is 106 Å². The lowest BCUT2D eigenvalue weighted by Crippen LogP contribution is -2.26. The lowest BCUT2D eigenvalue weighted by Gasteiger charge is -2.08. The van der Waals surface area contributed by atoms with Crippen molar-refractivity contribution in [1.82, 2.24) is 5.16 Å². The number of aryl methyl sites for hydroxylation is 3. The van der Waals surface area contributed by atoms with Crippen molar-refractivity contribution in [3.8, 4) is 0 Å². The van der Waals surface area contributed by atoms with Gasteiger partial charge < -0.3 is 20.0 Å². The Hall–Kier alpha value is -3.16. The van der Waals surface area contributed by atoms with Crippen LogP contribution in [0.15, 0.2) is 33.9 Å². The largest absolute Gasteiger partial charge is 0.383 e. The van der Waals surface area contributed by atoms with Crippen molar-refractivity contribution in [3.05, 3.63) is 41.2 Å². The first-order valence-corrected chi connectivity index (χ1v) is 7.66. The standard InChI is InChI=1S/C17H20N4O4/c1-10-5-11(2)7-14(6-10)19-16(22)9-18-25-13(4)17(23)20-15-8-12(3)24-21-15/h5-9,13H,1-4H3,(H,19,22)(H,20,21,23)/b18-9+. The van der Waals surface area contributed by atoms with Crippen LogP contribution in [-0.2, 0) is 14.4 Å². The Morgan fingerprint density at radius 1 is 1.16 bits per heavy atom. The van der Waals surface area contributed by atoms with E-state index in [1.807, 2.05) is 32.0 Å². The average Bonchev–Trinajstić information content (AvgIpc) is 2.91. The molecule has 0 aliphatic heterocycles. The quantitative estimate of drug-likeness (QED) is 0.619. The Bertz CT molecular complexity index is 777. The molecule has 1 aromatic heterocycles. The van der Waals surface area contributed by atoms with Crippen LogP contribution in [0.25, 0.3) is 0 Å². The molecule has 0 saturated heterocycles. The summed E-state index contributed by atoms with van der Waals surface area (Å²) in [5, 5.41) is 12.4. The van der Waals surface area contributed by atoms with Crippen molar-refractivity contribution in [3.63, 3.8) is 0 Å². The molecule has 8 nitrogen and oxygen atoms in total. The van der Waals surface area contributed by atoms with Crippen LogP contribution >= 0.6 is 0 Å². The van der Waals surface area contributed by atoms with Gasteiger partial charge in [-0.15, -0.1) is 0 Å². The number of aromatic nitrogens is 1. The minimum atomic E-state index is -0.901. The van der Waals surface area contributed by atoms with E-state index in [2.05, 4.69) is 20.9 Å². The SMILES string of the molecule is Cc1cc(C)cc(NC(=O)/C=N/OC(C)C(=O)Nc2cc(C)on2)c1. The summed E-state index contributed by atoms with van der Waals surface area (Å²) in [4.78, 5) is 28.7. The van der Waals surface area contributed by atoms with E-state index in [9.17, 15) is 9.59 Å². The zero-order valence-electron chi connectivity index (χ0n) is 14.5. The van der Waals surface area contributed by atoms with Crippen LogP contribution in [0, 0.1) is 20.8 Å². The van der Waals surface area contributed by atoms with E-state index in [-0.39, 0.29) is 5.82 Å². The van der Waals surface area contributed by atoms with Crippen molar-refractivity contribution in [1.29, 1.82) is 0 Å². The fourth-order valence-electron chi connectivity index (χ4n) is 2.09. The van der Waals surface area contributed by atoms with Gasteiger partial charge in [-0.2, -0.15) is 0 Å². The van der Waals surface area contributed by atoms with Gasteiger partial charge in [-0.05, 0) is 51.0 Å². The molecular weight excluding hydrogens is 324 g/mol. The van der Waals surface area contributed by atoms with Crippen LogP contribution < -0.4 is 10.6 Å². The Labute approximate surface area is 145 Å². The molecule has 2 rings (SSSR count). The van der Waals surface area contributed by atoms with Crippen LogP contribution in [0.5, 0.6) is 0 Å². The molecule has 1 atom stereocenters. The van der Waals surface area contributed by atoms with Crippen LogP contribution in [-0.4, -0.2) is 29.3 Å². The maximum absolute atomic E-state index is 11.9. The molecule has 2 N–H and O–H groups in total. The molecule has 0 aliphatic carbocycles. The second-order valence-electron chi connectivity index (χ2n) is 5.66. The summed E-state index contributed by atoms with van der Waals surface area (Å²) >= 11 is 0. The van der Waals surface area contributed by atoms with Crippen LogP contribution in [0.1, 0.15) is 23.8 Å². The number of carbonyl (C=O) groups is 2. The molecule has 1 unspecified atom stereocenters. The monoisotopic (exact) mass is 344 g/mol. The van der Waals surface area contributed by atoms with E-state index in [0.717, 1.165) is 17.3 Å². The molecule has 0 saturated carbocycles. The second kappa shape index (κ2) is 8.09. The second-order valence-corrected chi connectivity index (χ2v) is 5.66. The number of amides is 2. The smallest absolute Gasteiger partial charge is 0.270 e. The highest BCUT2D eigenvalue weighted by atomic mass is 16.6. The van der Waals surface area contributed by atoms with Gasteiger partial charge >= 0.3 is 0 Å². The Balaban J connectivity index is 1.82. The number of nitrogens with one attached hydrogen (secondary N) is 2. The first-order chi connectivity index (χ1) is 11.8. The van der Waals surface area contributed by atoms with E-state index in [0.29, 0.717) is 11.4 Å². The average molecular weight is 344 g/mol. The molecular formula is C17H20N4O4. The number of hydrogen-bond acceptors (Lipinski definition) is 6. The normalized spacial score (nSPS) is 12.0. The molecule has 0 spiro atoms. The lowest BCUT2D eigenvalue weighted by molar-refractivity contribution is -0.126.